The van der Waals surface area contributed by atoms with Crippen LogP contribution in [0.25, 0.3) is 0 Å². The number of hydrogen-bond acceptors (Lipinski definition) is 0. The Morgan fingerprint density at radius 2 is 1.65 bits per heavy atom. The van der Waals surface area contributed by atoms with Crippen molar-refractivity contribution in [1.82, 2.24) is 0 Å². The van der Waals surface area contributed by atoms with E-state index in [1.165, 1.54) is 80.7 Å². The van der Waals surface area contributed by atoms with Crippen molar-refractivity contribution in [3.63, 3.8) is 0 Å². The van der Waals surface area contributed by atoms with E-state index in [0.29, 0.717) is 0 Å². The molecule has 130 valence electrons. The van der Waals surface area contributed by atoms with Crippen LogP contribution in [0.3, 0.4) is 0 Å². The Morgan fingerprint density at radius 3 is 2.26 bits per heavy atom. The second-order valence-electron chi connectivity index (χ2n) is 7.64. The molecule has 0 saturated heterocycles. The molecule has 0 bridgehead atoms. The molecule has 0 heterocycles. The Bertz CT molecular complexity index is 414. The molecule has 1 aromatic rings. The average molecular weight is 379 g/mol. The SMILES string of the molecule is CCCCC(CCC)C1CCC(CCc2ccc(Br)cc2)CC1. The third-order valence-corrected chi connectivity index (χ3v) is 6.43. The fraction of sp³-hybridized carbons (Fsp3) is 0.727. The van der Waals surface area contributed by atoms with Crippen LogP contribution in [0, 0.1) is 17.8 Å². The van der Waals surface area contributed by atoms with E-state index in [1.807, 2.05) is 0 Å². The summed E-state index contributed by atoms with van der Waals surface area (Å²) in [6.07, 6.45) is 15.7. The Kier molecular flexibility index (Phi) is 8.72. The van der Waals surface area contributed by atoms with Crippen molar-refractivity contribution >= 4 is 15.9 Å². The minimum atomic E-state index is 0.975. The minimum Gasteiger partial charge on any atom is -0.0654 e. The van der Waals surface area contributed by atoms with Gasteiger partial charge in [0, 0.05) is 4.47 Å². The van der Waals surface area contributed by atoms with E-state index in [9.17, 15) is 0 Å². The Balaban J connectivity index is 1.72. The molecule has 1 unspecified atom stereocenters. The first kappa shape index (κ1) is 19.0. The molecule has 23 heavy (non-hydrogen) atoms. The van der Waals surface area contributed by atoms with Gasteiger partial charge in [0.1, 0.15) is 0 Å². The maximum atomic E-state index is 3.52. The molecule has 0 N–H and O–H groups in total. The summed E-state index contributed by atoms with van der Waals surface area (Å²) >= 11 is 3.52. The maximum Gasteiger partial charge on any atom is 0.0175 e. The first-order chi connectivity index (χ1) is 11.2. The van der Waals surface area contributed by atoms with Gasteiger partial charge >= 0.3 is 0 Å². The summed E-state index contributed by atoms with van der Waals surface area (Å²) < 4.78 is 1.19. The van der Waals surface area contributed by atoms with Crippen molar-refractivity contribution in [3.8, 4) is 0 Å². The van der Waals surface area contributed by atoms with Crippen LogP contribution < -0.4 is 0 Å². The lowest BCUT2D eigenvalue weighted by Gasteiger charge is -2.34. The highest BCUT2D eigenvalue weighted by Crippen LogP contribution is 2.39. The molecule has 1 fully saturated rings. The highest BCUT2D eigenvalue weighted by Gasteiger charge is 2.26. The number of benzene rings is 1. The van der Waals surface area contributed by atoms with Crippen LogP contribution in [-0.4, -0.2) is 0 Å². The van der Waals surface area contributed by atoms with E-state index in [1.54, 1.807) is 0 Å². The van der Waals surface area contributed by atoms with Gasteiger partial charge in [0.2, 0.25) is 0 Å². The predicted octanol–water partition coefficient (Wildman–Crippen LogP) is 7.79. The molecule has 1 aliphatic carbocycles. The number of aryl methyl sites for hydroxylation is 1. The third-order valence-electron chi connectivity index (χ3n) is 5.90. The van der Waals surface area contributed by atoms with Gasteiger partial charge in [0.25, 0.3) is 0 Å². The Labute approximate surface area is 152 Å². The largest absolute Gasteiger partial charge is 0.0654 e. The summed E-state index contributed by atoms with van der Waals surface area (Å²) in [7, 11) is 0. The lowest BCUT2D eigenvalue weighted by atomic mass is 9.72. The van der Waals surface area contributed by atoms with Crippen molar-refractivity contribution in [3.05, 3.63) is 34.3 Å². The number of hydrogen-bond donors (Lipinski definition) is 0. The molecule has 1 aromatic carbocycles. The Hall–Kier alpha value is -0.300. The van der Waals surface area contributed by atoms with Gasteiger partial charge in [-0.3, -0.25) is 0 Å². The zero-order valence-corrected chi connectivity index (χ0v) is 16.8. The second kappa shape index (κ2) is 10.5. The van der Waals surface area contributed by atoms with Crippen LogP contribution >= 0.6 is 15.9 Å². The van der Waals surface area contributed by atoms with Gasteiger partial charge in [0.15, 0.2) is 0 Å². The van der Waals surface area contributed by atoms with Gasteiger partial charge in [0.05, 0.1) is 0 Å². The zero-order chi connectivity index (χ0) is 16.5. The van der Waals surface area contributed by atoms with Crippen molar-refractivity contribution in [2.45, 2.75) is 84.5 Å². The van der Waals surface area contributed by atoms with Gasteiger partial charge in [-0.1, -0.05) is 86.9 Å². The Morgan fingerprint density at radius 1 is 0.957 bits per heavy atom. The molecule has 1 heteroatoms. The van der Waals surface area contributed by atoms with Crippen LogP contribution in [0.15, 0.2) is 28.7 Å². The summed E-state index contributed by atoms with van der Waals surface area (Å²) in [5.41, 5.74) is 1.50. The van der Waals surface area contributed by atoms with E-state index in [-0.39, 0.29) is 0 Å². The molecule has 1 saturated carbocycles. The van der Waals surface area contributed by atoms with Crippen molar-refractivity contribution in [2.24, 2.45) is 17.8 Å². The van der Waals surface area contributed by atoms with Gasteiger partial charge < -0.3 is 0 Å². The zero-order valence-electron chi connectivity index (χ0n) is 15.2. The highest BCUT2D eigenvalue weighted by molar-refractivity contribution is 9.10. The van der Waals surface area contributed by atoms with Gasteiger partial charge in [-0.2, -0.15) is 0 Å². The maximum absolute atomic E-state index is 3.52. The van der Waals surface area contributed by atoms with E-state index < -0.39 is 0 Å². The molecule has 0 nitrogen and oxygen atoms in total. The lowest BCUT2D eigenvalue weighted by Crippen LogP contribution is -2.22. The molecule has 0 aliphatic heterocycles. The van der Waals surface area contributed by atoms with E-state index >= 15 is 0 Å². The molecule has 1 aliphatic rings. The molecule has 0 radical (unpaired) electrons. The number of rotatable bonds is 9. The third kappa shape index (κ3) is 6.61. The quantitative estimate of drug-likeness (QED) is 0.411. The lowest BCUT2D eigenvalue weighted by molar-refractivity contribution is 0.179. The average Bonchev–Trinajstić information content (AvgIpc) is 2.59. The molecule has 2 rings (SSSR count). The van der Waals surface area contributed by atoms with Crippen LogP contribution in [-0.2, 0) is 6.42 Å². The number of unbranched alkanes of at least 4 members (excludes halogenated alkanes) is 1. The first-order valence-electron chi connectivity index (χ1n) is 9.97. The normalized spacial score (nSPS) is 22.9. The highest BCUT2D eigenvalue weighted by atomic mass is 79.9. The molecular formula is C22H35Br. The van der Waals surface area contributed by atoms with Crippen LogP contribution in [0.1, 0.15) is 83.6 Å². The molecule has 0 aromatic heterocycles. The molecule has 0 amide bonds. The van der Waals surface area contributed by atoms with Gasteiger partial charge in [-0.05, 0) is 61.1 Å². The summed E-state index contributed by atoms with van der Waals surface area (Å²) in [6, 6.07) is 8.90. The molecule has 1 atom stereocenters. The summed E-state index contributed by atoms with van der Waals surface area (Å²) in [6.45, 7) is 4.70. The summed E-state index contributed by atoms with van der Waals surface area (Å²) in [5, 5.41) is 0. The van der Waals surface area contributed by atoms with Crippen molar-refractivity contribution in [1.29, 1.82) is 0 Å². The summed E-state index contributed by atoms with van der Waals surface area (Å²) in [4.78, 5) is 0. The van der Waals surface area contributed by atoms with Crippen LogP contribution in [0.2, 0.25) is 0 Å². The summed E-state index contributed by atoms with van der Waals surface area (Å²) in [5.74, 6) is 3.03. The smallest absolute Gasteiger partial charge is 0.0175 e. The van der Waals surface area contributed by atoms with Crippen LogP contribution in [0.5, 0.6) is 0 Å². The van der Waals surface area contributed by atoms with Gasteiger partial charge in [-0.15, -0.1) is 0 Å². The van der Waals surface area contributed by atoms with E-state index in [2.05, 4.69) is 54.0 Å². The first-order valence-corrected chi connectivity index (χ1v) is 10.8. The fourth-order valence-corrected chi connectivity index (χ4v) is 4.69. The minimum absolute atomic E-state index is 0.975. The predicted molar refractivity (Wildman–Crippen MR) is 106 cm³/mol. The van der Waals surface area contributed by atoms with Crippen molar-refractivity contribution < 1.29 is 0 Å². The standard InChI is InChI=1S/C22H35Br/c1-3-5-7-20(6-4-2)21-14-10-18(11-15-21)8-9-19-12-16-22(23)17-13-19/h12-13,16-18,20-21H,3-11,14-15H2,1-2H3. The van der Waals surface area contributed by atoms with E-state index in [4.69, 9.17) is 0 Å². The van der Waals surface area contributed by atoms with Crippen molar-refractivity contribution in [2.75, 3.05) is 0 Å². The van der Waals surface area contributed by atoms with E-state index in [0.717, 1.165) is 17.8 Å². The number of halogens is 1. The van der Waals surface area contributed by atoms with Crippen LogP contribution in [0.4, 0.5) is 0 Å². The topological polar surface area (TPSA) is 0 Å². The molecular weight excluding hydrogens is 344 g/mol. The second-order valence-corrected chi connectivity index (χ2v) is 8.55. The fourth-order valence-electron chi connectivity index (χ4n) is 4.42. The molecule has 0 spiro atoms. The van der Waals surface area contributed by atoms with Gasteiger partial charge in [-0.25, -0.2) is 0 Å². The monoisotopic (exact) mass is 378 g/mol.